The zero-order chi connectivity index (χ0) is 20.4. The number of ether oxygens (including phenoxy) is 2. The van der Waals surface area contributed by atoms with Crippen LogP contribution in [-0.2, 0) is 26.0 Å². The molecule has 150 valence electrons. The summed E-state index contributed by atoms with van der Waals surface area (Å²) >= 11 is 5.84. The van der Waals surface area contributed by atoms with Gasteiger partial charge < -0.3 is 9.47 Å². The molecule has 0 unspecified atom stereocenters. The fourth-order valence-electron chi connectivity index (χ4n) is 3.45. The van der Waals surface area contributed by atoms with E-state index in [1.165, 1.54) is 43.5 Å². The first kappa shape index (κ1) is 20.6. The van der Waals surface area contributed by atoms with Crippen LogP contribution in [0.25, 0.3) is 0 Å². The zero-order valence-electron chi connectivity index (χ0n) is 15.3. The van der Waals surface area contributed by atoms with Crippen LogP contribution < -0.4 is 4.74 Å². The molecular weight excluding hydrogens is 407 g/mol. The van der Waals surface area contributed by atoms with Gasteiger partial charge in [-0.25, -0.2) is 12.8 Å². The van der Waals surface area contributed by atoms with Gasteiger partial charge in [0.25, 0.3) is 0 Å². The van der Waals surface area contributed by atoms with Gasteiger partial charge in [-0.05, 0) is 54.8 Å². The summed E-state index contributed by atoms with van der Waals surface area (Å²) in [5, 5.41) is 0.406. The van der Waals surface area contributed by atoms with Crippen LogP contribution in [0.1, 0.15) is 31.2 Å². The zero-order valence-corrected chi connectivity index (χ0v) is 16.9. The first-order valence-corrected chi connectivity index (χ1v) is 10.7. The third kappa shape index (κ3) is 3.73. The summed E-state index contributed by atoms with van der Waals surface area (Å²) in [6.45, 7) is -0.225. The Hall–Kier alpha value is -2.12. The van der Waals surface area contributed by atoms with E-state index in [0.29, 0.717) is 23.4 Å². The lowest BCUT2D eigenvalue weighted by atomic mass is 10.1. The predicted octanol–water partition coefficient (Wildman–Crippen LogP) is 4.32. The van der Waals surface area contributed by atoms with E-state index >= 15 is 0 Å². The molecule has 0 saturated heterocycles. The van der Waals surface area contributed by atoms with Crippen molar-refractivity contribution in [3.8, 4) is 5.75 Å². The normalized spacial score (nSPS) is 16.0. The van der Waals surface area contributed by atoms with Gasteiger partial charge in [0.15, 0.2) is 26.2 Å². The highest BCUT2D eigenvalue weighted by Gasteiger charge is 2.54. The molecule has 28 heavy (non-hydrogen) atoms. The molecule has 3 rings (SSSR count). The van der Waals surface area contributed by atoms with Gasteiger partial charge in [0.05, 0.1) is 12.0 Å². The molecule has 1 saturated carbocycles. The molecule has 5 nitrogen and oxygen atoms in total. The molecular formula is C20H20ClFO5S. The molecule has 2 aromatic rings. The molecule has 2 aromatic carbocycles. The molecule has 0 amide bonds. The largest absolute Gasteiger partial charge is 0.494 e. The molecule has 1 aliphatic carbocycles. The van der Waals surface area contributed by atoms with E-state index in [1.807, 2.05) is 0 Å². The molecule has 0 atom stereocenters. The summed E-state index contributed by atoms with van der Waals surface area (Å²) in [6, 6.07) is 9.92. The van der Waals surface area contributed by atoms with Crippen LogP contribution in [0.4, 0.5) is 4.39 Å². The summed E-state index contributed by atoms with van der Waals surface area (Å²) < 4.78 is 48.8. The highest BCUT2D eigenvalue weighted by atomic mass is 35.5. The highest BCUT2D eigenvalue weighted by molar-refractivity contribution is 7.93. The van der Waals surface area contributed by atoms with Crippen molar-refractivity contribution in [2.24, 2.45) is 0 Å². The smallest absolute Gasteiger partial charge is 0.328 e. The summed E-state index contributed by atoms with van der Waals surface area (Å²) in [6.07, 6.45) is 1.60. The van der Waals surface area contributed by atoms with Gasteiger partial charge in [-0.1, -0.05) is 30.5 Å². The van der Waals surface area contributed by atoms with Crippen molar-refractivity contribution in [1.82, 2.24) is 0 Å². The highest BCUT2D eigenvalue weighted by Crippen LogP contribution is 2.42. The van der Waals surface area contributed by atoms with Crippen molar-refractivity contribution in [2.75, 3.05) is 7.11 Å². The lowest BCUT2D eigenvalue weighted by molar-refractivity contribution is -0.148. The van der Waals surface area contributed by atoms with Gasteiger partial charge in [-0.2, -0.15) is 0 Å². The topological polar surface area (TPSA) is 69.7 Å². The van der Waals surface area contributed by atoms with E-state index in [1.54, 1.807) is 6.07 Å². The lowest BCUT2D eigenvalue weighted by Crippen LogP contribution is -2.45. The maximum absolute atomic E-state index is 13.8. The quantitative estimate of drug-likeness (QED) is 0.643. The van der Waals surface area contributed by atoms with E-state index in [0.717, 1.165) is 0 Å². The predicted molar refractivity (Wildman–Crippen MR) is 103 cm³/mol. The Morgan fingerprint density at radius 2 is 1.79 bits per heavy atom. The van der Waals surface area contributed by atoms with Gasteiger partial charge in [0.2, 0.25) is 0 Å². The van der Waals surface area contributed by atoms with Crippen LogP contribution in [0.5, 0.6) is 5.75 Å². The van der Waals surface area contributed by atoms with Gasteiger partial charge in [0, 0.05) is 5.02 Å². The maximum atomic E-state index is 13.8. The summed E-state index contributed by atoms with van der Waals surface area (Å²) in [4.78, 5) is 12.9. The van der Waals surface area contributed by atoms with Crippen LogP contribution in [-0.4, -0.2) is 26.2 Å². The summed E-state index contributed by atoms with van der Waals surface area (Å²) in [5.74, 6) is -1.32. The van der Waals surface area contributed by atoms with Crippen LogP contribution in [0.15, 0.2) is 47.4 Å². The van der Waals surface area contributed by atoms with Crippen molar-refractivity contribution >= 4 is 27.4 Å². The summed E-state index contributed by atoms with van der Waals surface area (Å²) in [5.41, 5.74) is 0.406. The fourth-order valence-corrected chi connectivity index (χ4v) is 5.62. The van der Waals surface area contributed by atoms with Gasteiger partial charge in [-0.15, -0.1) is 0 Å². The molecule has 0 spiro atoms. The standard InChI is InChI=1S/C20H20ClFO5S/c1-26-18-9-4-14(12-17(18)22)13-27-19(23)20(10-2-3-11-20)28(24,25)16-7-5-15(21)6-8-16/h4-9,12H,2-3,10-11,13H2,1H3. The fraction of sp³-hybridized carbons (Fsp3) is 0.350. The van der Waals surface area contributed by atoms with E-state index in [4.69, 9.17) is 21.1 Å². The molecule has 1 aliphatic rings. The Bertz CT molecular complexity index is 967. The third-order valence-corrected chi connectivity index (χ3v) is 7.76. The second-order valence-electron chi connectivity index (χ2n) is 6.70. The number of hydrogen-bond acceptors (Lipinski definition) is 5. The Balaban J connectivity index is 1.84. The minimum atomic E-state index is -3.97. The maximum Gasteiger partial charge on any atom is 0.328 e. The Labute approximate surface area is 168 Å². The first-order chi connectivity index (χ1) is 13.3. The molecule has 0 aromatic heterocycles. The number of rotatable bonds is 6. The van der Waals surface area contributed by atoms with Gasteiger partial charge in [0.1, 0.15) is 6.61 Å². The van der Waals surface area contributed by atoms with Gasteiger partial charge in [-0.3, -0.25) is 4.79 Å². The minimum Gasteiger partial charge on any atom is -0.494 e. The van der Waals surface area contributed by atoms with Crippen LogP contribution >= 0.6 is 11.6 Å². The average Bonchev–Trinajstić information content (AvgIpc) is 3.18. The second-order valence-corrected chi connectivity index (χ2v) is 9.40. The van der Waals surface area contributed by atoms with Crippen molar-refractivity contribution in [3.63, 3.8) is 0 Å². The number of esters is 1. The molecule has 1 fully saturated rings. The molecule has 8 heteroatoms. The molecule has 0 aliphatic heterocycles. The van der Waals surface area contributed by atoms with Crippen molar-refractivity contribution < 1.29 is 27.1 Å². The first-order valence-electron chi connectivity index (χ1n) is 8.80. The van der Waals surface area contributed by atoms with Crippen molar-refractivity contribution in [2.45, 2.75) is 41.9 Å². The average molecular weight is 427 g/mol. The Kier molecular flexibility index (Phi) is 5.95. The number of methoxy groups -OCH3 is 1. The van der Waals surface area contributed by atoms with Crippen LogP contribution in [0.3, 0.4) is 0 Å². The van der Waals surface area contributed by atoms with Crippen LogP contribution in [0, 0.1) is 5.82 Å². The number of hydrogen-bond donors (Lipinski definition) is 0. The molecule has 0 bridgehead atoms. The van der Waals surface area contributed by atoms with Gasteiger partial charge >= 0.3 is 5.97 Å². The number of sulfone groups is 1. The number of halogens is 2. The van der Waals surface area contributed by atoms with E-state index in [2.05, 4.69) is 0 Å². The van der Waals surface area contributed by atoms with E-state index in [-0.39, 0.29) is 30.1 Å². The monoisotopic (exact) mass is 426 g/mol. The van der Waals surface area contributed by atoms with E-state index in [9.17, 15) is 17.6 Å². The van der Waals surface area contributed by atoms with Crippen molar-refractivity contribution in [1.29, 1.82) is 0 Å². The second kappa shape index (κ2) is 8.09. The number of benzene rings is 2. The van der Waals surface area contributed by atoms with Crippen molar-refractivity contribution in [3.05, 3.63) is 58.9 Å². The Morgan fingerprint density at radius 3 is 2.36 bits per heavy atom. The lowest BCUT2D eigenvalue weighted by Gasteiger charge is -2.26. The molecule has 0 heterocycles. The third-order valence-electron chi connectivity index (χ3n) is 5.01. The molecule has 0 N–H and O–H groups in total. The van der Waals surface area contributed by atoms with Crippen LogP contribution in [0.2, 0.25) is 5.02 Å². The summed E-state index contributed by atoms with van der Waals surface area (Å²) in [7, 11) is -2.62. The Morgan fingerprint density at radius 1 is 1.14 bits per heavy atom. The van der Waals surface area contributed by atoms with E-state index < -0.39 is 26.4 Å². The minimum absolute atomic E-state index is 0.0336. The number of carbonyl (C=O) groups is 1. The number of carbonyl (C=O) groups excluding carboxylic acids is 1. The molecule has 0 radical (unpaired) electrons. The SMILES string of the molecule is COc1ccc(COC(=O)C2(S(=O)(=O)c3ccc(Cl)cc3)CCCC2)cc1F.